The topological polar surface area (TPSA) is 49.4 Å². The van der Waals surface area contributed by atoms with E-state index in [-0.39, 0.29) is 17.1 Å². The van der Waals surface area contributed by atoms with Gasteiger partial charge in [-0.2, -0.15) is 0 Å². The highest BCUT2D eigenvalue weighted by molar-refractivity contribution is 6.10. The molecule has 0 radical (unpaired) electrons. The van der Waals surface area contributed by atoms with E-state index in [1.165, 1.54) is 0 Å². The first-order valence-electron chi connectivity index (χ1n) is 12.2. The maximum atomic E-state index is 13.9. The number of nitrogens with one attached hydrogen (secondary N) is 1. The third-order valence-electron chi connectivity index (χ3n) is 7.33. The zero-order chi connectivity index (χ0) is 24.3. The molecule has 4 heteroatoms. The first-order chi connectivity index (χ1) is 16.8. The van der Waals surface area contributed by atoms with E-state index in [4.69, 9.17) is 0 Å². The molecule has 1 amide bonds. The number of hydrogen-bond acceptors (Lipinski definition) is 3. The van der Waals surface area contributed by atoms with Crippen LogP contribution in [-0.4, -0.2) is 11.7 Å². The maximum Gasteiger partial charge on any atom is 0.224 e. The molecule has 4 nitrogen and oxygen atoms in total. The number of amides is 1. The van der Waals surface area contributed by atoms with Gasteiger partial charge in [-0.25, -0.2) is 0 Å². The van der Waals surface area contributed by atoms with Crippen molar-refractivity contribution in [3.05, 3.63) is 95.7 Å². The fourth-order valence-electron chi connectivity index (χ4n) is 5.95. The van der Waals surface area contributed by atoms with Crippen molar-refractivity contribution in [3.8, 4) is 0 Å². The molecule has 1 heterocycles. The van der Waals surface area contributed by atoms with Crippen molar-refractivity contribution in [3.63, 3.8) is 0 Å². The Morgan fingerprint density at radius 3 is 2.14 bits per heavy atom. The van der Waals surface area contributed by atoms with Crippen LogP contribution in [0.1, 0.15) is 45.2 Å². The van der Waals surface area contributed by atoms with Gasteiger partial charge in [-0.15, -0.1) is 0 Å². The third kappa shape index (κ3) is 3.44. The summed E-state index contributed by atoms with van der Waals surface area (Å²) >= 11 is 0. The first-order valence-corrected chi connectivity index (χ1v) is 12.2. The van der Waals surface area contributed by atoms with Gasteiger partial charge in [0.15, 0.2) is 5.78 Å². The molecule has 1 aliphatic carbocycles. The molecule has 174 valence electrons. The van der Waals surface area contributed by atoms with Gasteiger partial charge in [0.2, 0.25) is 5.91 Å². The standard InChI is InChI=1S/C31H28N2O2/c1-19(34)33-26-15-9-8-14-24(26)32-25-17-31(2,3)18-27(35)29(25)30(33)28-22-12-6-4-10-20(22)16-21-11-5-7-13-23(21)28/h4-16,30,32H,17-18H2,1-3H3. The number of carbonyl (C=O) groups is 2. The van der Waals surface area contributed by atoms with Gasteiger partial charge >= 0.3 is 0 Å². The second kappa shape index (κ2) is 7.81. The van der Waals surface area contributed by atoms with Gasteiger partial charge in [0, 0.05) is 24.6 Å². The van der Waals surface area contributed by atoms with Crippen LogP contribution in [0.5, 0.6) is 0 Å². The fraction of sp³-hybridized carbons (Fsp3) is 0.226. The Morgan fingerprint density at radius 1 is 0.886 bits per heavy atom. The molecule has 35 heavy (non-hydrogen) atoms. The zero-order valence-electron chi connectivity index (χ0n) is 20.3. The van der Waals surface area contributed by atoms with Crippen molar-refractivity contribution in [2.45, 2.75) is 39.7 Å². The van der Waals surface area contributed by atoms with E-state index in [0.717, 1.165) is 50.6 Å². The number of fused-ring (bicyclic) bond motifs is 3. The SMILES string of the molecule is CC(=O)N1c2ccccc2NC2=C(C(=O)CC(C)(C)C2)C1c1c2ccccc2cc2ccccc12. The van der Waals surface area contributed by atoms with E-state index < -0.39 is 6.04 Å². The average molecular weight is 461 g/mol. The van der Waals surface area contributed by atoms with Crippen LogP contribution in [0.25, 0.3) is 21.5 Å². The highest BCUT2D eigenvalue weighted by Gasteiger charge is 2.43. The van der Waals surface area contributed by atoms with Crippen molar-refractivity contribution in [1.29, 1.82) is 0 Å². The summed E-state index contributed by atoms with van der Waals surface area (Å²) in [5.74, 6) is 0.0115. The van der Waals surface area contributed by atoms with E-state index in [1.807, 2.05) is 53.4 Å². The van der Waals surface area contributed by atoms with Crippen LogP contribution < -0.4 is 10.2 Å². The Morgan fingerprint density at radius 2 is 1.49 bits per heavy atom. The van der Waals surface area contributed by atoms with Crippen LogP contribution in [-0.2, 0) is 9.59 Å². The minimum absolute atomic E-state index is 0.0901. The number of benzene rings is 4. The number of ketones is 1. The lowest BCUT2D eigenvalue weighted by molar-refractivity contribution is -0.118. The highest BCUT2D eigenvalue weighted by Crippen LogP contribution is 2.50. The second-order valence-electron chi connectivity index (χ2n) is 10.5. The van der Waals surface area contributed by atoms with Crippen molar-refractivity contribution in [1.82, 2.24) is 0 Å². The molecule has 0 spiro atoms. The predicted octanol–water partition coefficient (Wildman–Crippen LogP) is 7.16. The van der Waals surface area contributed by atoms with E-state index in [9.17, 15) is 9.59 Å². The van der Waals surface area contributed by atoms with Crippen LogP contribution in [0.4, 0.5) is 11.4 Å². The molecule has 4 aromatic rings. The molecule has 0 aromatic heterocycles. The van der Waals surface area contributed by atoms with Gasteiger partial charge in [0.05, 0.1) is 17.4 Å². The van der Waals surface area contributed by atoms with Crippen LogP contribution >= 0.6 is 0 Å². The molecule has 1 aliphatic heterocycles. The summed E-state index contributed by atoms with van der Waals surface area (Å²) in [5, 5.41) is 7.91. The largest absolute Gasteiger partial charge is 0.357 e. The number of allylic oxidation sites excluding steroid dienone is 1. The number of rotatable bonds is 1. The molecule has 2 aliphatic rings. The minimum Gasteiger partial charge on any atom is -0.357 e. The number of nitrogens with zero attached hydrogens (tertiary/aromatic N) is 1. The monoisotopic (exact) mass is 460 g/mol. The van der Waals surface area contributed by atoms with Crippen molar-refractivity contribution in [2.75, 3.05) is 10.2 Å². The molecule has 0 saturated heterocycles. The number of anilines is 2. The molecular weight excluding hydrogens is 432 g/mol. The molecule has 6 rings (SSSR count). The predicted molar refractivity (Wildman–Crippen MR) is 142 cm³/mol. The Kier molecular flexibility index (Phi) is 4.82. The normalized spacial score (nSPS) is 19.2. The quantitative estimate of drug-likeness (QED) is 0.307. The smallest absolute Gasteiger partial charge is 0.224 e. The molecule has 0 saturated carbocycles. The number of hydrogen-bond donors (Lipinski definition) is 1. The van der Waals surface area contributed by atoms with Crippen LogP contribution in [0, 0.1) is 5.41 Å². The molecular formula is C31H28N2O2. The number of carbonyl (C=O) groups excluding carboxylic acids is 2. The Labute approximate surface area is 205 Å². The van der Waals surface area contributed by atoms with E-state index in [2.05, 4.69) is 49.5 Å². The van der Waals surface area contributed by atoms with Gasteiger partial charge in [-0.1, -0.05) is 74.5 Å². The fourth-order valence-corrected chi connectivity index (χ4v) is 5.95. The van der Waals surface area contributed by atoms with Gasteiger partial charge in [-0.05, 0) is 57.1 Å². The summed E-state index contributed by atoms with van der Waals surface area (Å²) < 4.78 is 0. The van der Waals surface area contributed by atoms with Crippen molar-refractivity contribution >= 4 is 44.6 Å². The van der Waals surface area contributed by atoms with E-state index in [0.29, 0.717) is 12.0 Å². The summed E-state index contributed by atoms with van der Waals surface area (Å²) in [6.45, 7) is 5.87. The molecule has 1 atom stereocenters. The molecule has 1 unspecified atom stereocenters. The molecule has 4 aromatic carbocycles. The highest BCUT2D eigenvalue weighted by atomic mass is 16.2. The second-order valence-corrected chi connectivity index (χ2v) is 10.5. The Hall–Kier alpha value is -3.92. The summed E-state index contributed by atoms with van der Waals surface area (Å²) in [7, 11) is 0. The Balaban J connectivity index is 1.78. The van der Waals surface area contributed by atoms with Crippen molar-refractivity contribution in [2.24, 2.45) is 5.41 Å². The van der Waals surface area contributed by atoms with Crippen LogP contribution in [0.15, 0.2) is 90.1 Å². The molecule has 0 fully saturated rings. The van der Waals surface area contributed by atoms with Gasteiger partial charge in [0.1, 0.15) is 0 Å². The minimum atomic E-state index is -0.529. The summed E-state index contributed by atoms with van der Waals surface area (Å²) in [4.78, 5) is 29.2. The van der Waals surface area contributed by atoms with E-state index >= 15 is 0 Å². The van der Waals surface area contributed by atoms with Crippen LogP contribution in [0.2, 0.25) is 0 Å². The van der Waals surface area contributed by atoms with Gasteiger partial charge in [-0.3, -0.25) is 14.5 Å². The lowest BCUT2D eigenvalue weighted by Gasteiger charge is -2.37. The van der Waals surface area contributed by atoms with Crippen molar-refractivity contribution < 1.29 is 9.59 Å². The zero-order valence-corrected chi connectivity index (χ0v) is 20.3. The summed E-state index contributed by atoms with van der Waals surface area (Å²) in [6, 6.07) is 26.1. The summed E-state index contributed by atoms with van der Waals surface area (Å²) in [6.07, 6.45) is 1.20. The first kappa shape index (κ1) is 21.6. The molecule has 1 N–H and O–H groups in total. The maximum absolute atomic E-state index is 13.9. The van der Waals surface area contributed by atoms with Gasteiger partial charge in [0.25, 0.3) is 0 Å². The third-order valence-corrected chi connectivity index (χ3v) is 7.33. The lowest BCUT2D eigenvalue weighted by Crippen LogP contribution is -2.38. The van der Waals surface area contributed by atoms with Gasteiger partial charge < -0.3 is 5.32 Å². The lowest BCUT2D eigenvalue weighted by atomic mass is 9.72. The van der Waals surface area contributed by atoms with Crippen LogP contribution in [0.3, 0.4) is 0 Å². The van der Waals surface area contributed by atoms with E-state index in [1.54, 1.807) is 6.92 Å². The molecule has 0 bridgehead atoms. The average Bonchev–Trinajstić information content (AvgIpc) is 2.95. The summed E-state index contributed by atoms with van der Waals surface area (Å²) in [5.41, 5.74) is 4.12. The number of Topliss-reactive ketones (excluding diaryl/α,β-unsaturated/α-hetero) is 1. The number of para-hydroxylation sites is 2. The Bertz CT molecular complexity index is 1510.